The maximum atomic E-state index is 5.32. The van der Waals surface area contributed by atoms with Gasteiger partial charge < -0.3 is 15.4 Å². The Morgan fingerprint density at radius 3 is 2.52 bits per heavy atom. The van der Waals surface area contributed by atoms with Gasteiger partial charge in [0.1, 0.15) is 11.6 Å². The van der Waals surface area contributed by atoms with Crippen molar-refractivity contribution in [2.24, 2.45) is 0 Å². The summed E-state index contributed by atoms with van der Waals surface area (Å²) >= 11 is 5.32. The van der Waals surface area contributed by atoms with Gasteiger partial charge in [0.25, 0.3) is 0 Å². The predicted molar refractivity (Wildman–Crippen MR) is 89.7 cm³/mol. The molecule has 2 N–H and O–H groups in total. The number of anilines is 1. The number of hydrogen-bond acceptors (Lipinski definition) is 3. The molecular weight excluding hydrogens is 282 g/mol. The van der Waals surface area contributed by atoms with Gasteiger partial charge in [-0.3, -0.25) is 0 Å². The molecule has 0 saturated heterocycles. The highest BCUT2D eigenvalue weighted by molar-refractivity contribution is 7.80. The van der Waals surface area contributed by atoms with Gasteiger partial charge in [-0.2, -0.15) is 0 Å². The van der Waals surface area contributed by atoms with Gasteiger partial charge in [0.15, 0.2) is 5.11 Å². The summed E-state index contributed by atoms with van der Waals surface area (Å²) in [4.78, 5) is 4.36. The first kappa shape index (κ1) is 15.3. The zero-order valence-corrected chi connectivity index (χ0v) is 13.2. The predicted octanol–water partition coefficient (Wildman–Crippen LogP) is 3.45. The molecule has 21 heavy (non-hydrogen) atoms. The van der Waals surface area contributed by atoms with Crippen LogP contribution in [0.4, 0.5) is 5.82 Å². The normalized spacial score (nSPS) is 11.6. The average molecular weight is 301 g/mol. The lowest BCUT2D eigenvalue weighted by Crippen LogP contribution is -2.31. The molecule has 1 atom stereocenters. The Bertz CT molecular complexity index is 613. The van der Waals surface area contributed by atoms with Gasteiger partial charge >= 0.3 is 0 Å². The van der Waals surface area contributed by atoms with E-state index < -0.39 is 0 Å². The standard InChI is InChI=1S/C16H19N3OS/c1-11-5-4-6-15(17-11)19-16(21)18-12(2)13-7-9-14(20-3)10-8-13/h4-10,12H,1-3H3,(H2,17,18,19,21)/t12-/m1/s1. The number of rotatable bonds is 4. The molecule has 0 amide bonds. The number of hydrogen-bond donors (Lipinski definition) is 2. The first-order valence-electron chi connectivity index (χ1n) is 6.73. The molecule has 0 aliphatic carbocycles. The monoisotopic (exact) mass is 301 g/mol. The Labute approximate surface area is 130 Å². The van der Waals surface area contributed by atoms with Crippen LogP contribution in [0.3, 0.4) is 0 Å². The second-order valence-electron chi connectivity index (χ2n) is 4.76. The Morgan fingerprint density at radius 1 is 1.19 bits per heavy atom. The Hall–Kier alpha value is -2.14. The fourth-order valence-electron chi connectivity index (χ4n) is 1.94. The number of nitrogens with zero attached hydrogens (tertiary/aromatic N) is 1. The van der Waals surface area contributed by atoms with E-state index in [1.54, 1.807) is 7.11 Å². The average Bonchev–Trinajstić information content (AvgIpc) is 2.47. The molecule has 1 aromatic carbocycles. The summed E-state index contributed by atoms with van der Waals surface area (Å²) in [5.74, 6) is 1.59. The maximum Gasteiger partial charge on any atom is 0.172 e. The van der Waals surface area contributed by atoms with E-state index >= 15 is 0 Å². The molecule has 0 aliphatic heterocycles. The van der Waals surface area contributed by atoms with Crippen molar-refractivity contribution in [1.29, 1.82) is 0 Å². The van der Waals surface area contributed by atoms with E-state index in [0.29, 0.717) is 5.11 Å². The molecule has 0 saturated carbocycles. The molecule has 2 aromatic rings. The number of thiocarbonyl (C=S) groups is 1. The van der Waals surface area contributed by atoms with Crippen LogP contribution in [0.25, 0.3) is 0 Å². The third kappa shape index (κ3) is 4.43. The van der Waals surface area contributed by atoms with Crippen molar-refractivity contribution in [3.05, 3.63) is 53.7 Å². The number of benzene rings is 1. The molecule has 5 heteroatoms. The van der Waals surface area contributed by atoms with Crippen LogP contribution in [0.2, 0.25) is 0 Å². The van der Waals surface area contributed by atoms with Crippen molar-refractivity contribution in [3.8, 4) is 5.75 Å². The molecule has 2 rings (SSSR count). The van der Waals surface area contributed by atoms with E-state index in [4.69, 9.17) is 17.0 Å². The van der Waals surface area contributed by atoms with Crippen LogP contribution in [-0.4, -0.2) is 17.2 Å². The van der Waals surface area contributed by atoms with Crippen LogP contribution < -0.4 is 15.4 Å². The Kier molecular flexibility index (Phi) is 5.11. The van der Waals surface area contributed by atoms with Crippen LogP contribution in [0, 0.1) is 6.92 Å². The second-order valence-corrected chi connectivity index (χ2v) is 5.17. The van der Waals surface area contributed by atoms with Crippen LogP contribution in [0.5, 0.6) is 5.75 Å². The van der Waals surface area contributed by atoms with Gasteiger partial charge in [-0.15, -0.1) is 0 Å². The van der Waals surface area contributed by atoms with Crippen molar-refractivity contribution < 1.29 is 4.74 Å². The zero-order valence-electron chi connectivity index (χ0n) is 12.4. The van der Waals surface area contributed by atoms with Gasteiger partial charge in [-0.25, -0.2) is 4.98 Å². The summed E-state index contributed by atoms with van der Waals surface area (Å²) in [6.45, 7) is 4.00. The van der Waals surface area contributed by atoms with Crippen LogP contribution >= 0.6 is 12.2 Å². The lowest BCUT2D eigenvalue weighted by atomic mass is 10.1. The molecule has 0 fully saturated rings. The van der Waals surface area contributed by atoms with Crippen molar-refractivity contribution >= 4 is 23.1 Å². The SMILES string of the molecule is COc1ccc([C@@H](C)NC(=S)Nc2cccc(C)n2)cc1. The summed E-state index contributed by atoms with van der Waals surface area (Å²) < 4.78 is 5.15. The number of aryl methyl sites for hydroxylation is 1. The molecular formula is C16H19N3OS. The van der Waals surface area contributed by atoms with Crippen LogP contribution in [-0.2, 0) is 0 Å². The molecule has 0 radical (unpaired) electrons. The largest absolute Gasteiger partial charge is 0.497 e. The quantitative estimate of drug-likeness (QED) is 0.847. The first-order valence-corrected chi connectivity index (χ1v) is 7.14. The third-order valence-corrected chi connectivity index (χ3v) is 3.31. The lowest BCUT2D eigenvalue weighted by molar-refractivity contribution is 0.414. The van der Waals surface area contributed by atoms with Gasteiger partial charge in [0.05, 0.1) is 13.2 Å². The minimum Gasteiger partial charge on any atom is -0.497 e. The smallest absolute Gasteiger partial charge is 0.172 e. The fraction of sp³-hybridized carbons (Fsp3) is 0.250. The van der Waals surface area contributed by atoms with Gasteiger partial charge in [0, 0.05) is 5.69 Å². The zero-order chi connectivity index (χ0) is 15.2. The van der Waals surface area contributed by atoms with E-state index in [2.05, 4.69) is 22.5 Å². The minimum atomic E-state index is 0.0979. The number of aromatic nitrogens is 1. The summed E-state index contributed by atoms with van der Waals surface area (Å²) in [7, 11) is 1.66. The van der Waals surface area contributed by atoms with E-state index in [1.807, 2.05) is 49.4 Å². The molecule has 0 unspecified atom stereocenters. The number of methoxy groups -OCH3 is 1. The summed E-state index contributed by atoms with van der Waals surface area (Å²) in [5, 5.41) is 6.88. The molecule has 1 aromatic heterocycles. The summed E-state index contributed by atoms with van der Waals surface area (Å²) in [6.07, 6.45) is 0. The number of pyridine rings is 1. The van der Waals surface area contributed by atoms with Crippen LogP contribution in [0.15, 0.2) is 42.5 Å². The fourth-order valence-corrected chi connectivity index (χ4v) is 2.22. The first-order chi connectivity index (χ1) is 10.1. The molecule has 110 valence electrons. The minimum absolute atomic E-state index is 0.0979. The maximum absolute atomic E-state index is 5.32. The molecule has 0 bridgehead atoms. The van der Waals surface area contributed by atoms with E-state index in [0.717, 1.165) is 22.8 Å². The highest BCUT2D eigenvalue weighted by Gasteiger charge is 2.07. The number of nitrogens with one attached hydrogen (secondary N) is 2. The van der Waals surface area contributed by atoms with Gasteiger partial charge in [0.2, 0.25) is 0 Å². The topological polar surface area (TPSA) is 46.2 Å². The van der Waals surface area contributed by atoms with Gasteiger partial charge in [-0.05, 0) is 55.9 Å². The van der Waals surface area contributed by atoms with Crippen molar-refractivity contribution in [2.45, 2.75) is 19.9 Å². The van der Waals surface area contributed by atoms with Crippen molar-refractivity contribution in [3.63, 3.8) is 0 Å². The van der Waals surface area contributed by atoms with E-state index in [1.165, 1.54) is 0 Å². The highest BCUT2D eigenvalue weighted by Crippen LogP contribution is 2.17. The lowest BCUT2D eigenvalue weighted by Gasteiger charge is -2.17. The second kappa shape index (κ2) is 7.04. The number of ether oxygens (including phenoxy) is 1. The van der Waals surface area contributed by atoms with Crippen molar-refractivity contribution in [2.75, 3.05) is 12.4 Å². The Morgan fingerprint density at radius 2 is 1.90 bits per heavy atom. The molecule has 1 heterocycles. The van der Waals surface area contributed by atoms with E-state index in [-0.39, 0.29) is 6.04 Å². The highest BCUT2D eigenvalue weighted by atomic mass is 32.1. The third-order valence-electron chi connectivity index (χ3n) is 3.09. The van der Waals surface area contributed by atoms with Crippen molar-refractivity contribution in [1.82, 2.24) is 10.3 Å². The summed E-state index contributed by atoms with van der Waals surface area (Å²) in [5.41, 5.74) is 2.09. The van der Waals surface area contributed by atoms with Gasteiger partial charge in [-0.1, -0.05) is 18.2 Å². The Balaban J connectivity index is 1.95. The molecule has 0 aliphatic rings. The van der Waals surface area contributed by atoms with E-state index in [9.17, 15) is 0 Å². The van der Waals surface area contributed by atoms with Crippen LogP contribution in [0.1, 0.15) is 24.2 Å². The summed E-state index contributed by atoms with van der Waals surface area (Å²) in [6, 6.07) is 13.8. The molecule has 0 spiro atoms. The molecule has 4 nitrogen and oxygen atoms in total.